The molecule has 1 nitrogen and oxygen atoms in total. The number of aldehydes is 1. The van der Waals surface area contributed by atoms with E-state index < -0.39 is 0 Å². The third-order valence-corrected chi connectivity index (χ3v) is 2.66. The lowest BCUT2D eigenvalue weighted by atomic mass is 9.99. The minimum absolute atomic E-state index is 0.168. The van der Waals surface area contributed by atoms with Crippen LogP contribution in [0.5, 0.6) is 0 Å². The van der Waals surface area contributed by atoms with Crippen molar-refractivity contribution in [2.24, 2.45) is 5.92 Å². The zero-order valence-corrected chi connectivity index (χ0v) is 9.25. The molecule has 0 radical (unpaired) electrons. The average molecular weight is 241 g/mol. The molecule has 0 fully saturated rings. The number of carbonyl (C=O) groups excluding carboxylic acids is 1. The van der Waals surface area contributed by atoms with E-state index in [2.05, 4.69) is 28.1 Å². The molecule has 1 aromatic rings. The van der Waals surface area contributed by atoms with Gasteiger partial charge in [0.15, 0.2) is 0 Å². The van der Waals surface area contributed by atoms with Gasteiger partial charge in [0, 0.05) is 10.4 Å². The van der Waals surface area contributed by atoms with Crippen molar-refractivity contribution in [1.29, 1.82) is 0 Å². The fourth-order valence-corrected chi connectivity index (χ4v) is 1.48. The predicted molar refractivity (Wildman–Crippen MR) is 57.7 cm³/mol. The first-order valence-corrected chi connectivity index (χ1v) is 5.25. The van der Waals surface area contributed by atoms with Gasteiger partial charge in [-0.2, -0.15) is 0 Å². The Morgan fingerprint density at radius 3 is 2.46 bits per heavy atom. The Morgan fingerprint density at radius 1 is 1.38 bits per heavy atom. The summed E-state index contributed by atoms with van der Waals surface area (Å²) in [6.45, 7) is 2.04. The first kappa shape index (κ1) is 10.5. The van der Waals surface area contributed by atoms with E-state index in [1.165, 1.54) is 5.56 Å². The van der Waals surface area contributed by atoms with Crippen LogP contribution in [0.25, 0.3) is 0 Å². The lowest BCUT2D eigenvalue weighted by Gasteiger charge is -2.06. The summed E-state index contributed by atoms with van der Waals surface area (Å²) in [7, 11) is 0. The van der Waals surface area contributed by atoms with Crippen molar-refractivity contribution in [3.8, 4) is 0 Å². The normalized spacial score (nSPS) is 12.5. The molecule has 0 aliphatic rings. The maximum absolute atomic E-state index is 10.6. The van der Waals surface area contributed by atoms with Crippen molar-refractivity contribution in [1.82, 2.24) is 0 Å². The molecular weight excluding hydrogens is 228 g/mol. The van der Waals surface area contributed by atoms with Crippen LogP contribution >= 0.6 is 15.9 Å². The van der Waals surface area contributed by atoms with Gasteiger partial charge in [0.1, 0.15) is 6.29 Å². The molecule has 0 bridgehead atoms. The highest BCUT2D eigenvalue weighted by molar-refractivity contribution is 9.10. The van der Waals surface area contributed by atoms with Crippen LogP contribution in [0.1, 0.15) is 18.9 Å². The molecule has 0 saturated carbocycles. The largest absolute Gasteiger partial charge is 0.303 e. The van der Waals surface area contributed by atoms with E-state index >= 15 is 0 Å². The van der Waals surface area contributed by atoms with Crippen molar-refractivity contribution < 1.29 is 4.79 Å². The van der Waals surface area contributed by atoms with Gasteiger partial charge >= 0.3 is 0 Å². The summed E-state index contributed by atoms with van der Waals surface area (Å²) < 4.78 is 1.08. The molecule has 0 heterocycles. The SMILES string of the molecule is CCC(C=O)Cc1ccc(Br)cc1. The molecule has 1 atom stereocenters. The molecule has 70 valence electrons. The molecular formula is C11H13BrO. The highest BCUT2D eigenvalue weighted by atomic mass is 79.9. The van der Waals surface area contributed by atoms with E-state index in [4.69, 9.17) is 0 Å². The molecule has 1 unspecified atom stereocenters. The van der Waals surface area contributed by atoms with Gasteiger partial charge in [0.25, 0.3) is 0 Å². The lowest BCUT2D eigenvalue weighted by molar-refractivity contribution is -0.111. The summed E-state index contributed by atoms with van der Waals surface area (Å²) in [5.74, 6) is 0.168. The van der Waals surface area contributed by atoms with E-state index in [1.807, 2.05) is 19.1 Å². The van der Waals surface area contributed by atoms with E-state index in [-0.39, 0.29) is 5.92 Å². The smallest absolute Gasteiger partial charge is 0.123 e. The number of carbonyl (C=O) groups is 1. The molecule has 0 aliphatic heterocycles. The van der Waals surface area contributed by atoms with Crippen molar-refractivity contribution in [3.05, 3.63) is 34.3 Å². The van der Waals surface area contributed by atoms with Crippen molar-refractivity contribution in [2.45, 2.75) is 19.8 Å². The maximum atomic E-state index is 10.6. The van der Waals surface area contributed by atoms with Gasteiger partial charge in [-0.1, -0.05) is 35.0 Å². The van der Waals surface area contributed by atoms with Gasteiger partial charge in [-0.15, -0.1) is 0 Å². The van der Waals surface area contributed by atoms with Crippen LogP contribution in [0, 0.1) is 5.92 Å². The van der Waals surface area contributed by atoms with Crippen molar-refractivity contribution in [3.63, 3.8) is 0 Å². The van der Waals surface area contributed by atoms with Crippen LogP contribution in [-0.4, -0.2) is 6.29 Å². The Kier molecular flexibility index (Phi) is 4.16. The molecule has 0 aromatic heterocycles. The van der Waals surface area contributed by atoms with Gasteiger partial charge in [-0.05, 0) is 30.5 Å². The quantitative estimate of drug-likeness (QED) is 0.739. The summed E-state index contributed by atoms with van der Waals surface area (Å²) in [4.78, 5) is 10.6. The minimum atomic E-state index is 0.168. The van der Waals surface area contributed by atoms with Crippen molar-refractivity contribution >= 4 is 22.2 Å². The van der Waals surface area contributed by atoms with Crippen molar-refractivity contribution in [2.75, 3.05) is 0 Å². The van der Waals surface area contributed by atoms with Crippen LogP contribution in [0.3, 0.4) is 0 Å². The van der Waals surface area contributed by atoms with Gasteiger partial charge < -0.3 is 4.79 Å². The van der Waals surface area contributed by atoms with Crippen LogP contribution in [0.2, 0.25) is 0 Å². The number of benzene rings is 1. The van der Waals surface area contributed by atoms with Gasteiger partial charge in [0.05, 0.1) is 0 Å². The fourth-order valence-electron chi connectivity index (χ4n) is 1.21. The summed E-state index contributed by atoms with van der Waals surface area (Å²) >= 11 is 3.38. The number of hydrogen-bond donors (Lipinski definition) is 0. The van der Waals surface area contributed by atoms with E-state index in [0.29, 0.717) is 0 Å². The summed E-state index contributed by atoms with van der Waals surface area (Å²) in [6.07, 6.45) is 2.81. The highest BCUT2D eigenvalue weighted by Crippen LogP contribution is 2.14. The standard InChI is InChI=1S/C11H13BrO/c1-2-9(8-13)7-10-3-5-11(12)6-4-10/h3-6,8-9H,2,7H2,1H3. The first-order valence-electron chi connectivity index (χ1n) is 4.46. The molecule has 0 spiro atoms. The predicted octanol–water partition coefficient (Wildman–Crippen LogP) is 3.22. The third-order valence-electron chi connectivity index (χ3n) is 2.13. The minimum Gasteiger partial charge on any atom is -0.303 e. The van der Waals surface area contributed by atoms with Crippen LogP contribution in [0.15, 0.2) is 28.7 Å². The van der Waals surface area contributed by atoms with E-state index in [1.54, 1.807) is 0 Å². The van der Waals surface area contributed by atoms with Crippen LogP contribution in [-0.2, 0) is 11.2 Å². The highest BCUT2D eigenvalue weighted by Gasteiger charge is 2.04. The lowest BCUT2D eigenvalue weighted by Crippen LogP contribution is -2.03. The first-order chi connectivity index (χ1) is 6.26. The molecule has 1 rings (SSSR count). The molecule has 13 heavy (non-hydrogen) atoms. The van der Waals surface area contributed by atoms with Crippen LogP contribution in [0.4, 0.5) is 0 Å². The Morgan fingerprint density at radius 2 is 2.00 bits per heavy atom. The maximum Gasteiger partial charge on any atom is 0.123 e. The molecule has 0 N–H and O–H groups in total. The van der Waals surface area contributed by atoms with E-state index in [9.17, 15) is 4.79 Å². The topological polar surface area (TPSA) is 17.1 Å². The van der Waals surface area contributed by atoms with Gasteiger partial charge in [-0.3, -0.25) is 0 Å². The number of rotatable bonds is 4. The number of halogens is 1. The Balaban J connectivity index is 2.63. The molecule has 1 aromatic carbocycles. The second-order valence-electron chi connectivity index (χ2n) is 3.14. The zero-order valence-electron chi connectivity index (χ0n) is 7.66. The second-order valence-corrected chi connectivity index (χ2v) is 4.05. The second kappa shape index (κ2) is 5.18. The Hall–Kier alpha value is -0.630. The summed E-state index contributed by atoms with van der Waals surface area (Å²) in [6, 6.07) is 8.12. The molecule has 0 saturated heterocycles. The van der Waals surface area contributed by atoms with Gasteiger partial charge in [0.2, 0.25) is 0 Å². The molecule has 0 aliphatic carbocycles. The Labute approximate surface area is 87.3 Å². The number of hydrogen-bond acceptors (Lipinski definition) is 1. The summed E-state index contributed by atoms with van der Waals surface area (Å²) in [5, 5.41) is 0. The van der Waals surface area contributed by atoms with E-state index in [0.717, 1.165) is 23.6 Å². The van der Waals surface area contributed by atoms with Gasteiger partial charge in [-0.25, -0.2) is 0 Å². The average Bonchev–Trinajstić information content (AvgIpc) is 2.17. The zero-order chi connectivity index (χ0) is 9.68. The summed E-state index contributed by atoms with van der Waals surface area (Å²) in [5.41, 5.74) is 1.22. The van der Waals surface area contributed by atoms with Crippen LogP contribution < -0.4 is 0 Å². The molecule has 0 amide bonds. The fraction of sp³-hybridized carbons (Fsp3) is 0.364. The monoisotopic (exact) mass is 240 g/mol. The third kappa shape index (κ3) is 3.31. The Bertz CT molecular complexity index is 266. The molecule has 2 heteroatoms.